The molecular weight excluding hydrogens is 434 g/mol. The van der Waals surface area contributed by atoms with Gasteiger partial charge in [0, 0.05) is 22.6 Å². The van der Waals surface area contributed by atoms with Gasteiger partial charge in [0.15, 0.2) is 0 Å². The van der Waals surface area contributed by atoms with Crippen LogP contribution in [0.4, 0.5) is 0 Å². The normalized spacial score (nSPS) is 29.2. The van der Waals surface area contributed by atoms with Gasteiger partial charge in [-0.1, -0.05) is 78.9 Å². The van der Waals surface area contributed by atoms with Crippen LogP contribution in [0.1, 0.15) is 43.2 Å². The molecule has 0 radical (unpaired) electrons. The topological polar surface area (TPSA) is 12.9 Å². The van der Waals surface area contributed by atoms with E-state index in [0.29, 0.717) is 0 Å². The first-order chi connectivity index (χ1) is 17.8. The van der Waals surface area contributed by atoms with Gasteiger partial charge in [-0.15, -0.1) is 0 Å². The average Bonchev–Trinajstić information content (AvgIpc) is 3.22. The van der Waals surface area contributed by atoms with Crippen LogP contribution >= 0.6 is 0 Å². The number of pyridine rings is 1. The van der Waals surface area contributed by atoms with Crippen molar-refractivity contribution >= 4 is 21.7 Å². The van der Waals surface area contributed by atoms with Crippen LogP contribution in [-0.2, 0) is 5.41 Å². The van der Waals surface area contributed by atoms with Crippen molar-refractivity contribution in [3.05, 3.63) is 102 Å². The molecule has 0 unspecified atom stereocenters. The maximum atomic E-state index is 4.88. The highest BCUT2D eigenvalue weighted by molar-refractivity contribution is 6.09. The van der Waals surface area contributed by atoms with Gasteiger partial charge in [0.05, 0.1) is 5.52 Å². The number of para-hydroxylation sites is 1. The molecule has 0 N–H and O–H groups in total. The third-order valence-corrected chi connectivity index (χ3v) is 10.5. The summed E-state index contributed by atoms with van der Waals surface area (Å²) in [7, 11) is 0. The molecule has 174 valence electrons. The van der Waals surface area contributed by atoms with Crippen LogP contribution in [0.2, 0.25) is 0 Å². The van der Waals surface area contributed by atoms with Crippen LogP contribution in [0.3, 0.4) is 0 Å². The summed E-state index contributed by atoms with van der Waals surface area (Å²) in [6, 6.07) is 32.2. The highest BCUT2D eigenvalue weighted by Gasteiger charge is 2.61. The van der Waals surface area contributed by atoms with E-state index in [1.807, 2.05) is 12.3 Å². The minimum atomic E-state index is 0.177. The average molecular weight is 464 g/mol. The van der Waals surface area contributed by atoms with Gasteiger partial charge in [0.25, 0.3) is 0 Å². The second-order valence-corrected chi connectivity index (χ2v) is 12.0. The quantitative estimate of drug-likeness (QED) is 0.242. The maximum Gasteiger partial charge on any atom is 0.0780 e. The first kappa shape index (κ1) is 19.7. The van der Waals surface area contributed by atoms with Crippen LogP contribution in [-0.4, -0.2) is 4.98 Å². The Bertz CT molecular complexity index is 1680. The standard InChI is InChI=1S/C35H29N/c1-2-9-27-23(6-1)13-14-31-32(27)33-28(29-11-3-7-24-8-5-15-36-34(24)29)10-4-12-30(33)35(31)25-17-21-16-22(19-25)20-26(35)18-21/h1-15,21-22,25-26H,16-20H2. The Kier molecular flexibility index (Phi) is 3.75. The molecular formula is C35H29N. The third-order valence-electron chi connectivity index (χ3n) is 10.5. The van der Waals surface area contributed by atoms with Gasteiger partial charge in [-0.3, -0.25) is 4.98 Å². The molecule has 0 saturated heterocycles. The second kappa shape index (κ2) is 6.85. The largest absolute Gasteiger partial charge is 0.256 e. The number of benzene rings is 4. The number of hydrogen-bond donors (Lipinski definition) is 0. The predicted octanol–water partition coefficient (Wildman–Crippen LogP) is 8.78. The van der Waals surface area contributed by atoms with E-state index >= 15 is 0 Å². The van der Waals surface area contributed by atoms with Crippen molar-refractivity contribution < 1.29 is 0 Å². The fourth-order valence-corrected chi connectivity index (χ4v) is 9.55. The molecule has 4 saturated carbocycles. The van der Waals surface area contributed by atoms with E-state index in [-0.39, 0.29) is 5.41 Å². The highest BCUT2D eigenvalue weighted by Crippen LogP contribution is 2.70. The van der Waals surface area contributed by atoms with Gasteiger partial charge in [-0.2, -0.15) is 0 Å². The van der Waals surface area contributed by atoms with Crippen molar-refractivity contribution in [2.24, 2.45) is 23.7 Å². The van der Waals surface area contributed by atoms with E-state index in [2.05, 4.69) is 78.9 Å². The Morgan fingerprint density at radius 3 is 2.11 bits per heavy atom. The Balaban J connectivity index is 1.43. The molecule has 4 fully saturated rings. The third kappa shape index (κ3) is 2.31. The maximum absolute atomic E-state index is 4.88. The SMILES string of the molecule is c1cc(-c2cccc3cccnc23)c2c(c1)C1(c3ccc4ccccc4c3-2)C2CC3CC(C2)CC1C3. The monoisotopic (exact) mass is 463 g/mol. The molecule has 1 spiro atoms. The molecule has 5 aliphatic rings. The van der Waals surface area contributed by atoms with Gasteiger partial charge < -0.3 is 0 Å². The van der Waals surface area contributed by atoms with Gasteiger partial charge >= 0.3 is 0 Å². The summed E-state index contributed by atoms with van der Waals surface area (Å²) in [5, 5.41) is 3.99. The van der Waals surface area contributed by atoms with Crippen molar-refractivity contribution in [1.82, 2.24) is 4.98 Å². The summed E-state index contributed by atoms with van der Waals surface area (Å²) in [5.41, 5.74) is 10.2. The smallest absolute Gasteiger partial charge is 0.0780 e. The first-order valence-electron chi connectivity index (χ1n) is 13.8. The molecule has 5 aromatic rings. The summed E-state index contributed by atoms with van der Waals surface area (Å²) < 4.78 is 0. The highest BCUT2D eigenvalue weighted by atomic mass is 14.7. The summed E-state index contributed by atoms with van der Waals surface area (Å²) in [4.78, 5) is 4.88. The van der Waals surface area contributed by atoms with Gasteiger partial charge in [0.1, 0.15) is 0 Å². The van der Waals surface area contributed by atoms with Crippen LogP contribution in [0, 0.1) is 23.7 Å². The van der Waals surface area contributed by atoms with E-state index in [9.17, 15) is 0 Å². The fourth-order valence-electron chi connectivity index (χ4n) is 9.55. The van der Waals surface area contributed by atoms with Crippen LogP contribution < -0.4 is 0 Å². The van der Waals surface area contributed by atoms with Gasteiger partial charge in [0.2, 0.25) is 0 Å². The number of rotatable bonds is 1. The van der Waals surface area contributed by atoms with Gasteiger partial charge in [-0.25, -0.2) is 0 Å². The van der Waals surface area contributed by atoms with Gasteiger partial charge in [-0.05, 0) is 100 Å². The zero-order valence-electron chi connectivity index (χ0n) is 20.5. The number of fused-ring (bicyclic) bond motifs is 6. The number of nitrogens with zero attached hydrogens (tertiary/aromatic N) is 1. The van der Waals surface area contributed by atoms with E-state index in [1.165, 1.54) is 70.5 Å². The van der Waals surface area contributed by atoms with Crippen molar-refractivity contribution in [2.45, 2.75) is 37.5 Å². The van der Waals surface area contributed by atoms with Crippen molar-refractivity contribution in [3.8, 4) is 22.3 Å². The molecule has 0 atom stereocenters. The first-order valence-corrected chi connectivity index (χ1v) is 13.8. The molecule has 4 aromatic carbocycles. The fraction of sp³-hybridized carbons (Fsp3) is 0.286. The van der Waals surface area contributed by atoms with Crippen molar-refractivity contribution in [1.29, 1.82) is 0 Å². The molecule has 1 heterocycles. The minimum Gasteiger partial charge on any atom is -0.256 e. The van der Waals surface area contributed by atoms with E-state index in [1.54, 1.807) is 11.1 Å². The van der Waals surface area contributed by atoms with Crippen molar-refractivity contribution in [2.75, 3.05) is 0 Å². The Morgan fingerprint density at radius 2 is 1.25 bits per heavy atom. The molecule has 10 rings (SSSR count). The van der Waals surface area contributed by atoms with E-state index in [4.69, 9.17) is 4.98 Å². The lowest BCUT2D eigenvalue weighted by Gasteiger charge is -2.61. The summed E-state index contributed by atoms with van der Waals surface area (Å²) >= 11 is 0. The lowest BCUT2D eigenvalue weighted by molar-refractivity contribution is -0.0399. The second-order valence-electron chi connectivity index (χ2n) is 12.0. The molecule has 1 aromatic heterocycles. The molecule has 1 heteroatoms. The molecule has 1 nitrogen and oxygen atoms in total. The summed E-state index contributed by atoms with van der Waals surface area (Å²) in [6.45, 7) is 0. The van der Waals surface area contributed by atoms with E-state index in [0.717, 1.165) is 29.2 Å². The molecule has 0 amide bonds. The lowest BCUT2D eigenvalue weighted by Crippen LogP contribution is -2.55. The predicted molar refractivity (Wildman–Crippen MR) is 148 cm³/mol. The molecule has 36 heavy (non-hydrogen) atoms. The zero-order valence-corrected chi connectivity index (χ0v) is 20.5. The van der Waals surface area contributed by atoms with Crippen LogP contribution in [0.25, 0.3) is 43.9 Å². The number of hydrogen-bond acceptors (Lipinski definition) is 1. The van der Waals surface area contributed by atoms with Crippen molar-refractivity contribution in [3.63, 3.8) is 0 Å². The lowest BCUT2D eigenvalue weighted by atomic mass is 9.43. The van der Waals surface area contributed by atoms with Crippen LogP contribution in [0.15, 0.2) is 91.1 Å². The number of aromatic nitrogens is 1. The summed E-state index contributed by atoms with van der Waals surface area (Å²) in [6.07, 6.45) is 9.09. The molecule has 5 aliphatic carbocycles. The Labute approximate surface area is 212 Å². The Morgan fingerprint density at radius 1 is 0.556 bits per heavy atom. The Hall–Kier alpha value is -3.45. The molecule has 4 bridgehead atoms. The van der Waals surface area contributed by atoms with E-state index < -0.39 is 0 Å². The van der Waals surface area contributed by atoms with Crippen LogP contribution in [0.5, 0.6) is 0 Å². The minimum absolute atomic E-state index is 0.177. The zero-order chi connectivity index (χ0) is 23.4. The summed E-state index contributed by atoms with van der Waals surface area (Å²) in [5.74, 6) is 3.46. The molecule has 0 aliphatic heterocycles.